The van der Waals surface area contributed by atoms with Crippen LogP contribution in [0.5, 0.6) is 0 Å². The SMILES string of the molecule is [2H]Cc1ccc(NC(=O)[C@H](CCCNC(N)=O)NC(=O)[C@@H](NC(=O)CCOCCN2C(=O)C=CC2=O)C(C)C)cc1CN(C)C(=O)NCCOCCOCCOCCOCCOCCOCCOCCOCCOCCOCCOCCOCCOCCOCCOCCOCCOCCOCCOCCOCCOCCOCCOCCOCCC(=O)O. The summed E-state index contributed by atoms with van der Waals surface area (Å²) in [6.07, 6.45) is 2.52. The lowest BCUT2D eigenvalue weighted by Gasteiger charge is -2.25. The fourth-order valence-electron chi connectivity index (χ4n) is 10.00. The molecule has 2 rings (SSSR count). The lowest BCUT2D eigenvalue weighted by molar-refractivity contribution is -0.139. The molecule has 2 atom stereocenters. The molecule has 0 radical (unpaired) electrons. The molecule has 0 bridgehead atoms. The number of amides is 9. The Balaban J connectivity index is 1.27. The summed E-state index contributed by atoms with van der Waals surface area (Å²) in [5.74, 6) is -3.90. The molecule has 712 valence electrons. The van der Waals surface area contributed by atoms with E-state index in [0.717, 1.165) is 17.1 Å². The number of hydrogen-bond acceptors (Lipinski definition) is 33. The van der Waals surface area contributed by atoms with Gasteiger partial charge in [0.2, 0.25) is 17.7 Å². The number of primary amides is 1. The number of urea groups is 2. The summed E-state index contributed by atoms with van der Waals surface area (Å²) in [5, 5.41) is 22.0. The summed E-state index contributed by atoms with van der Waals surface area (Å²) in [6.45, 7) is 24.3. The Morgan fingerprint density at radius 1 is 0.407 bits per heavy atom. The molecule has 0 fully saturated rings. The van der Waals surface area contributed by atoms with E-state index in [1.165, 1.54) is 4.90 Å². The highest BCUT2D eigenvalue weighted by molar-refractivity contribution is 6.12. The van der Waals surface area contributed by atoms with Crippen LogP contribution in [0.25, 0.3) is 0 Å². The van der Waals surface area contributed by atoms with E-state index >= 15 is 0 Å². The van der Waals surface area contributed by atoms with Crippen LogP contribution in [0.1, 0.15) is 52.0 Å². The average Bonchev–Trinajstić information content (AvgIpc) is 1.08. The third-order valence-corrected chi connectivity index (χ3v) is 16.5. The van der Waals surface area contributed by atoms with Crippen molar-refractivity contribution in [3.05, 3.63) is 41.5 Å². The highest BCUT2D eigenvalue weighted by atomic mass is 16.6. The minimum Gasteiger partial charge on any atom is -0.481 e. The summed E-state index contributed by atoms with van der Waals surface area (Å²) in [6, 6.07) is 1.61. The molecule has 0 aromatic heterocycles. The number of carbonyl (C=O) groups excluding carboxylic acids is 7. The summed E-state index contributed by atoms with van der Waals surface area (Å²) in [4.78, 5) is 101. The molecule has 0 saturated carbocycles. The van der Waals surface area contributed by atoms with Crippen molar-refractivity contribution in [2.45, 2.75) is 65.1 Å². The third kappa shape index (κ3) is 71.3. The van der Waals surface area contributed by atoms with Gasteiger partial charge in [-0.3, -0.25) is 33.7 Å². The Hall–Kier alpha value is -6.48. The molecule has 42 heteroatoms. The van der Waals surface area contributed by atoms with Gasteiger partial charge in [-0.1, -0.05) is 19.9 Å². The van der Waals surface area contributed by atoms with Gasteiger partial charge in [0.05, 0.1) is 343 Å². The number of carboxylic acid groups (broad SMARTS) is 1. The van der Waals surface area contributed by atoms with Crippen LogP contribution in [0.4, 0.5) is 15.3 Å². The van der Waals surface area contributed by atoms with E-state index in [0.29, 0.717) is 321 Å². The number of ether oxygens (including phenoxy) is 25. The summed E-state index contributed by atoms with van der Waals surface area (Å²) in [7, 11) is 1.59. The van der Waals surface area contributed by atoms with Crippen molar-refractivity contribution in [2.24, 2.45) is 11.7 Å². The van der Waals surface area contributed by atoms with Crippen LogP contribution < -0.4 is 32.3 Å². The van der Waals surface area contributed by atoms with E-state index in [1.807, 2.05) is 0 Å². The molecule has 8 N–H and O–H groups in total. The first-order valence-electron chi connectivity index (χ1n) is 42.9. The normalized spacial score (nSPS) is 12.7. The van der Waals surface area contributed by atoms with Gasteiger partial charge < -0.3 is 161 Å². The quantitative estimate of drug-likeness (QED) is 0.0342. The van der Waals surface area contributed by atoms with Gasteiger partial charge in [-0.05, 0) is 48.9 Å². The second-order valence-corrected chi connectivity index (χ2v) is 26.7. The number of nitrogens with two attached hydrogens (primary N) is 1. The smallest absolute Gasteiger partial charge is 0.317 e. The first-order chi connectivity index (χ1) is 60.6. The largest absolute Gasteiger partial charge is 0.481 e. The predicted molar refractivity (Wildman–Crippen MR) is 443 cm³/mol. The van der Waals surface area contributed by atoms with E-state index in [-0.39, 0.29) is 85.2 Å². The van der Waals surface area contributed by atoms with Gasteiger partial charge in [-0.2, -0.15) is 0 Å². The minimum absolute atomic E-state index is 0.0166. The number of aryl methyl sites for hydroxylation is 1. The molecule has 0 saturated heterocycles. The van der Waals surface area contributed by atoms with Gasteiger partial charge in [0.25, 0.3) is 11.8 Å². The Morgan fingerprint density at radius 2 is 0.715 bits per heavy atom. The fourth-order valence-corrected chi connectivity index (χ4v) is 10.00. The second kappa shape index (κ2) is 83.7. The minimum atomic E-state index is -1.12. The maximum atomic E-state index is 13.8. The van der Waals surface area contributed by atoms with Crippen molar-refractivity contribution in [1.29, 1.82) is 0 Å². The molecule has 0 unspecified atom stereocenters. The molecule has 1 aromatic rings. The summed E-state index contributed by atoms with van der Waals surface area (Å²) >= 11 is 0. The van der Waals surface area contributed by atoms with Crippen LogP contribution in [-0.4, -0.2) is 432 Å². The molecule has 123 heavy (non-hydrogen) atoms. The maximum absolute atomic E-state index is 13.8. The zero-order valence-corrected chi connectivity index (χ0v) is 72.7. The number of imide groups is 1. The highest BCUT2D eigenvalue weighted by Gasteiger charge is 2.30. The number of nitrogens with zero attached hydrogens (tertiary/aromatic N) is 2. The van der Waals surface area contributed by atoms with E-state index in [4.69, 9.17) is 131 Å². The number of aliphatic carboxylic acids is 1. The van der Waals surface area contributed by atoms with Gasteiger partial charge in [-0.15, -0.1) is 0 Å². The Kier molecular flexibility index (Phi) is 75.3. The number of benzene rings is 1. The molecule has 1 aliphatic heterocycles. The molecule has 1 aromatic carbocycles. The lowest BCUT2D eigenvalue weighted by atomic mass is 10.0. The van der Waals surface area contributed by atoms with Crippen molar-refractivity contribution < 1.29 is 163 Å². The van der Waals surface area contributed by atoms with Gasteiger partial charge in [0, 0.05) is 52.3 Å². The van der Waals surface area contributed by atoms with Crippen LogP contribution in [0, 0.1) is 12.8 Å². The predicted octanol–water partition coefficient (Wildman–Crippen LogP) is 0.354. The highest BCUT2D eigenvalue weighted by Crippen LogP contribution is 2.19. The fraction of sp³-hybridized carbons (Fsp3) is 0.802. The molecule has 0 aliphatic carbocycles. The van der Waals surface area contributed by atoms with Crippen LogP contribution in [-0.2, 0) is 154 Å². The Labute approximate surface area is 725 Å². The number of carbonyl (C=O) groups is 8. The van der Waals surface area contributed by atoms with E-state index in [1.54, 1.807) is 39.1 Å². The molecule has 1 heterocycles. The van der Waals surface area contributed by atoms with Crippen molar-refractivity contribution in [3.63, 3.8) is 0 Å². The van der Waals surface area contributed by atoms with Crippen molar-refractivity contribution >= 4 is 53.3 Å². The lowest BCUT2D eigenvalue weighted by Crippen LogP contribution is -2.54. The molecule has 0 spiro atoms. The summed E-state index contributed by atoms with van der Waals surface area (Å²) in [5.41, 5.74) is 6.78. The third-order valence-electron chi connectivity index (χ3n) is 16.5. The number of carboxylic acids is 1. The van der Waals surface area contributed by atoms with Crippen LogP contribution in [0.15, 0.2) is 30.4 Å². The molecular weight excluding hydrogens is 1630 g/mol. The average molecular weight is 1780 g/mol. The monoisotopic (exact) mass is 1770 g/mol. The van der Waals surface area contributed by atoms with E-state index in [9.17, 15) is 38.4 Å². The van der Waals surface area contributed by atoms with Crippen molar-refractivity contribution in [1.82, 2.24) is 31.1 Å². The Bertz CT molecular complexity index is 2810. The topological polar surface area (TPSA) is 480 Å². The summed E-state index contributed by atoms with van der Waals surface area (Å²) < 4.78 is 146. The number of hydrogen-bond donors (Lipinski definition) is 7. The van der Waals surface area contributed by atoms with E-state index < -0.39 is 65.6 Å². The number of rotatable bonds is 93. The van der Waals surface area contributed by atoms with E-state index in [2.05, 4.69) is 26.6 Å². The maximum Gasteiger partial charge on any atom is 0.317 e. The number of nitrogens with one attached hydrogen (secondary N) is 5. The first-order valence-corrected chi connectivity index (χ1v) is 42.2. The number of anilines is 1. The molecule has 9 amide bonds. The second-order valence-electron chi connectivity index (χ2n) is 26.7. The zero-order chi connectivity index (χ0) is 89.7. The van der Waals surface area contributed by atoms with Gasteiger partial charge >= 0.3 is 18.0 Å². The molecular formula is C81H144N8O34. The van der Waals surface area contributed by atoms with Crippen LogP contribution in [0.2, 0.25) is 0 Å². The molecule has 1 aliphatic rings. The Morgan fingerprint density at radius 3 is 1.02 bits per heavy atom. The van der Waals surface area contributed by atoms with Crippen molar-refractivity contribution in [2.75, 3.05) is 362 Å². The molecule has 42 nitrogen and oxygen atoms in total. The van der Waals surface area contributed by atoms with Crippen molar-refractivity contribution in [3.8, 4) is 0 Å². The van der Waals surface area contributed by atoms with Gasteiger partial charge in [0.1, 0.15) is 12.1 Å². The van der Waals surface area contributed by atoms with Gasteiger partial charge in [0.15, 0.2) is 0 Å². The first kappa shape index (κ1) is 111. The van der Waals surface area contributed by atoms with Crippen LogP contribution >= 0.6 is 0 Å². The zero-order valence-electron chi connectivity index (χ0n) is 73.7. The van der Waals surface area contributed by atoms with Gasteiger partial charge in [-0.25, -0.2) is 9.59 Å². The standard InChI is InChI=1S/C81H144N8O34/c1-68(2)77(87-73(90)11-16-99-19-15-89-74(91)9-10-75(89)92)79(96)86-72(6-5-13-83-80(82)97)78(95)85-71-8-7-69(3)70(66-71)67-88(4)81(98)84-14-18-101-21-23-103-25-27-105-29-31-107-33-35-109-37-39-111-41-43-113-45-47-115-49-51-117-53-55-119-57-59-121-61-63-123-65-64-122-62-60-120-58-56-118-54-52-116-50-48-114-46-44-112-42-40-110-38-36-108-34-32-106-30-28-104-26-24-102-22-20-100-17-12-76(93)94/h7-10,66,68,72,77H,5-6,11-65,67H2,1-4H3,(H,84,98)(H,85,95)(H,86,96)(H,87,90)(H,93,94)(H3,82,83,97)/t72-,77-/m0/s1/i3D. The van der Waals surface area contributed by atoms with Crippen LogP contribution in [0.3, 0.4) is 0 Å².